The third-order valence-electron chi connectivity index (χ3n) is 6.13. The van der Waals surface area contributed by atoms with Gasteiger partial charge in [0.05, 0.1) is 21.8 Å². The number of benzene rings is 3. The molecule has 0 saturated heterocycles. The zero-order chi connectivity index (χ0) is 24.8. The Bertz CT molecular complexity index is 1300. The first-order chi connectivity index (χ1) is 16.9. The molecule has 1 aliphatic rings. The Hall–Kier alpha value is -3.65. The molecule has 2 N–H and O–H groups in total. The molecule has 0 heterocycles. The normalized spacial score (nSPS) is 13.9. The van der Waals surface area contributed by atoms with Crippen LogP contribution in [-0.2, 0) is 10.0 Å². The van der Waals surface area contributed by atoms with Crippen LogP contribution in [-0.4, -0.2) is 32.8 Å². The summed E-state index contributed by atoms with van der Waals surface area (Å²) in [5.41, 5.74) is 1.48. The topological polar surface area (TPSA) is 95.6 Å². The number of anilines is 2. The molecule has 1 saturated carbocycles. The van der Waals surface area contributed by atoms with Gasteiger partial charge in [0.25, 0.3) is 21.8 Å². The van der Waals surface area contributed by atoms with Gasteiger partial charge in [-0.15, -0.1) is 0 Å². The van der Waals surface area contributed by atoms with Crippen LogP contribution in [0.15, 0.2) is 83.8 Å². The number of para-hydroxylation sites is 2. The highest BCUT2D eigenvalue weighted by atomic mass is 32.2. The third kappa shape index (κ3) is 5.54. The van der Waals surface area contributed by atoms with Crippen molar-refractivity contribution >= 4 is 33.2 Å². The molecular formula is C27H29N3O4S. The fourth-order valence-corrected chi connectivity index (χ4v) is 5.85. The van der Waals surface area contributed by atoms with Gasteiger partial charge >= 0.3 is 0 Å². The molecular weight excluding hydrogens is 462 g/mol. The fourth-order valence-electron chi connectivity index (χ4n) is 4.33. The number of rotatable bonds is 8. The third-order valence-corrected chi connectivity index (χ3v) is 8.02. The van der Waals surface area contributed by atoms with Crippen molar-refractivity contribution in [2.75, 3.05) is 16.2 Å². The number of nitrogens with zero attached hydrogens (tertiary/aromatic N) is 1. The van der Waals surface area contributed by atoms with E-state index in [0.29, 0.717) is 16.9 Å². The predicted octanol–water partition coefficient (Wildman–Crippen LogP) is 4.83. The van der Waals surface area contributed by atoms with E-state index in [4.69, 9.17) is 0 Å². The van der Waals surface area contributed by atoms with Crippen LogP contribution in [0, 0.1) is 0 Å². The van der Waals surface area contributed by atoms with Crippen LogP contribution in [0.5, 0.6) is 0 Å². The van der Waals surface area contributed by atoms with E-state index in [-0.39, 0.29) is 29.0 Å². The van der Waals surface area contributed by atoms with Crippen molar-refractivity contribution in [3.63, 3.8) is 0 Å². The van der Waals surface area contributed by atoms with Crippen molar-refractivity contribution in [1.82, 2.24) is 5.32 Å². The summed E-state index contributed by atoms with van der Waals surface area (Å²) < 4.78 is 28.0. The minimum atomic E-state index is -3.88. The lowest BCUT2D eigenvalue weighted by atomic mass is 10.1. The van der Waals surface area contributed by atoms with Crippen LogP contribution >= 0.6 is 0 Å². The first kappa shape index (κ1) is 24.5. The van der Waals surface area contributed by atoms with Crippen molar-refractivity contribution in [2.45, 2.75) is 43.5 Å². The average molecular weight is 492 g/mol. The van der Waals surface area contributed by atoms with E-state index in [1.807, 2.05) is 6.07 Å². The van der Waals surface area contributed by atoms with Gasteiger partial charge in [0.1, 0.15) is 0 Å². The zero-order valence-electron chi connectivity index (χ0n) is 19.6. The Morgan fingerprint density at radius 2 is 1.57 bits per heavy atom. The molecule has 1 aliphatic carbocycles. The van der Waals surface area contributed by atoms with Gasteiger partial charge in [-0.2, -0.15) is 0 Å². The summed E-state index contributed by atoms with van der Waals surface area (Å²) in [6.07, 6.45) is 4.11. The summed E-state index contributed by atoms with van der Waals surface area (Å²) in [7, 11) is -3.88. The highest BCUT2D eigenvalue weighted by molar-refractivity contribution is 7.92. The largest absolute Gasteiger partial charge is 0.349 e. The monoisotopic (exact) mass is 491 g/mol. The summed E-state index contributed by atoms with van der Waals surface area (Å²) in [5, 5.41) is 5.81. The molecule has 4 rings (SSSR count). The SMILES string of the molecule is CCN(c1ccccc1)S(=O)(=O)c1cccc(C(=O)Nc2ccccc2C(=O)NC2CCCC2)c1. The van der Waals surface area contributed by atoms with Crippen molar-refractivity contribution in [1.29, 1.82) is 0 Å². The number of carbonyl (C=O) groups excluding carboxylic acids is 2. The fraction of sp³-hybridized carbons (Fsp3) is 0.259. The van der Waals surface area contributed by atoms with Gasteiger partial charge in [-0.05, 0) is 62.2 Å². The van der Waals surface area contributed by atoms with E-state index in [9.17, 15) is 18.0 Å². The molecule has 0 aromatic heterocycles. The van der Waals surface area contributed by atoms with E-state index >= 15 is 0 Å². The number of hydrogen-bond donors (Lipinski definition) is 2. The summed E-state index contributed by atoms with van der Waals surface area (Å²) in [6.45, 7) is 2.00. The van der Waals surface area contributed by atoms with Crippen molar-refractivity contribution in [2.24, 2.45) is 0 Å². The molecule has 2 amide bonds. The summed E-state index contributed by atoms with van der Waals surface area (Å²) in [4.78, 5) is 25.9. The quantitative estimate of drug-likeness (QED) is 0.472. The number of amides is 2. The summed E-state index contributed by atoms with van der Waals surface area (Å²) >= 11 is 0. The molecule has 0 aliphatic heterocycles. The van der Waals surface area contributed by atoms with Crippen LogP contribution in [0.3, 0.4) is 0 Å². The van der Waals surface area contributed by atoms with E-state index in [1.54, 1.807) is 67.6 Å². The molecule has 0 radical (unpaired) electrons. The second kappa shape index (κ2) is 10.7. The standard InChI is InChI=1S/C27H29N3O4S/c1-2-30(22-14-4-3-5-15-22)35(33,34)23-16-10-11-20(19-23)26(31)29-25-18-9-8-17-24(25)27(32)28-21-12-6-7-13-21/h3-5,8-11,14-19,21H,2,6-7,12-13H2,1H3,(H,28,32)(H,29,31). The van der Waals surface area contributed by atoms with Crippen molar-refractivity contribution < 1.29 is 18.0 Å². The van der Waals surface area contributed by atoms with Gasteiger partial charge < -0.3 is 10.6 Å². The first-order valence-electron chi connectivity index (χ1n) is 11.8. The van der Waals surface area contributed by atoms with Crippen molar-refractivity contribution in [3.8, 4) is 0 Å². The van der Waals surface area contributed by atoms with Gasteiger partial charge in [0.15, 0.2) is 0 Å². The summed E-state index contributed by atoms with van der Waals surface area (Å²) in [5.74, 6) is -0.725. The maximum Gasteiger partial charge on any atom is 0.264 e. The summed E-state index contributed by atoms with van der Waals surface area (Å²) in [6, 6.07) is 21.7. The van der Waals surface area contributed by atoms with E-state index in [0.717, 1.165) is 25.7 Å². The Balaban J connectivity index is 1.56. The number of sulfonamides is 1. The van der Waals surface area contributed by atoms with Crippen LogP contribution < -0.4 is 14.9 Å². The molecule has 0 bridgehead atoms. The van der Waals surface area contributed by atoms with Gasteiger partial charge in [-0.1, -0.05) is 49.2 Å². The predicted molar refractivity (Wildman–Crippen MR) is 137 cm³/mol. The molecule has 182 valence electrons. The van der Waals surface area contributed by atoms with Crippen LogP contribution in [0.1, 0.15) is 53.3 Å². The van der Waals surface area contributed by atoms with Gasteiger partial charge in [0.2, 0.25) is 0 Å². The van der Waals surface area contributed by atoms with Crippen molar-refractivity contribution in [3.05, 3.63) is 90.0 Å². The number of hydrogen-bond acceptors (Lipinski definition) is 4. The Kier molecular flexibility index (Phi) is 7.51. The molecule has 3 aromatic rings. The Morgan fingerprint density at radius 3 is 2.29 bits per heavy atom. The second-order valence-electron chi connectivity index (χ2n) is 8.49. The molecule has 3 aromatic carbocycles. The maximum atomic E-state index is 13.3. The van der Waals surface area contributed by atoms with Gasteiger partial charge in [0, 0.05) is 18.2 Å². The van der Waals surface area contributed by atoms with Gasteiger partial charge in [-0.25, -0.2) is 8.42 Å². The van der Waals surface area contributed by atoms with E-state index in [2.05, 4.69) is 10.6 Å². The first-order valence-corrected chi connectivity index (χ1v) is 13.2. The minimum absolute atomic E-state index is 0.0168. The minimum Gasteiger partial charge on any atom is -0.349 e. The number of carbonyl (C=O) groups is 2. The van der Waals surface area contributed by atoms with E-state index < -0.39 is 15.9 Å². The zero-order valence-corrected chi connectivity index (χ0v) is 20.4. The van der Waals surface area contributed by atoms with E-state index in [1.165, 1.54) is 16.4 Å². The molecule has 35 heavy (non-hydrogen) atoms. The molecule has 0 spiro atoms. The van der Waals surface area contributed by atoms with Crippen LogP contribution in [0.4, 0.5) is 11.4 Å². The lowest BCUT2D eigenvalue weighted by Crippen LogP contribution is -2.33. The molecule has 1 fully saturated rings. The van der Waals surface area contributed by atoms with Crippen LogP contribution in [0.2, 0.25) is 0 Å². The molecule has 0 atom stereocenters. The highest BCUT2D eigenvalue weighted by Crippen LogP contribution is 2.25. The smallest absolute Gasteiger partial charge is 0.264 e. The molecule has 0 unspecified atom stereocenters. The Labute approximate surface area is 206 Å². The molecule has 7 nitrogen and oxygen atoms in total. The van der Waals surface area contributed by atoms with Crippen LogP contribution in [0.25, 0.3) is 0 Å². The lowest BCUT2D eigenvalue weighted by Gasteiger charge is -2.23. The lowest BCUT2D eigenvalue weighted by molar-refractivity contribution is 0.0938. The van der Waals surface area contributed by atoms with Gasteiger partial charge in [-0.3, -0.25) is 13.9 Å². The maximum absolute atomic E-state index is 13.3. The average Bonchev–Trinajstić information content (AvgIpc) is 3.38. The second-order valence-corrected chi connectivity index (χ2v) is 10.4. The highest BCUT2D eigenvalue weighted by Gasteiger charge is 2.25. The number of nitrogens with one attached hydrogen (secondary N) is 2. The Morgan fingerprint density at radius 1 is 0.886 bits per heavy atom. The molecule has 8 heteroatoms.